The van der Waals surface area contributed by atoms with E-state index in [0.717, 1.165) is 18.4 Å². The number of carbonyl (C=O) groups excluding carboxylic acids is 1. The minimum Gasteiger partial charge on any atom is -0.299 e. The van der Waals surface area contributed by atoms with Gasteiger partial charge in [0.05, 0.1) is 11.6 Å². The van der Waals surface area contributed by atoms with Crippen molar-refractivity contribution in [2.24, 2.45) is 5.92 Å². The Morgan fingerprint density at radius 3 is 2.62 bits per heavy atom. The van der Waals surface area contributed by atoms with Gasteiger partial charge in [0.2, 0.25) is 0 Å². The Morgan fingerprint density at radius 2 is 2.00 bits per heavy atom. The van der Waals surface area contributed by atoms with E-state index in [-0.39, 0.29) is 5.92 Å². The van der Waals surface area contributed by atoms with Gasteiger partial charge in [-0.15, -0.1) is 0 Å². The lowest BCUT2D eigenvalue weighted by molar-refractivity contribution is -0.122. The molecule has 1 fully saturated rings. The van der Waals surface area contributed by atoms with E-state index in [1.165, 1.54) is 0 Å². The lowest BCUT2D eigenvalue weighted by Crippen LogP contribution is -2.21. The molecule has 2 rings (SSSR count). The maximum absolute atomic E-state index is 11.8. The summed E-state index contributed by atoms with van der Waals surface area (Å²) in [5.74, 6) is 1.03. The van der Waals surface area contributed by atoms with Crippen LogP contribution in [0.4, 0.5) is 0 Å². The molecule has 2 atom stereocenters. The average molecular weight is 213 g/mol. The number of hydrogen-bond donors (Lipinski definition) is 0. The van der Waals surface area contributed by atoms with Gasteiger partial charge in [-0.1, -0.05) is 19.1 Å². The average Bonchev–Trinajstić information content (AvgIpc) is 2.32. The molecule has 0 radical (unpaired) electrons. The number of nitrogens with zero attached hydrogens (tertiary/aromatic N) is 1. The van der Waals surface area contributed by atoms with E-state index in [9.17, 15) is 4.79 Å². The summed E-state index contributed by atoms with van der Waals surface area (Å²) in [5, 5.41) is 8.72. The van der Waals surface area contributed by atoms with Crippen LogP contribution < -0.4 is 0 Å². The van der Waals surface area contributed by atoms with Crippen molar-refractivity contribution in [2.75, 3.05) is 0 Å². The van der Waals surface area contributed by atoms with Crippen molar-refractivity contribution in [3.05, 3.63) is 35.4 Å². The van der Waals surface area contributed by atoms with Crippen LogP contribution in [0.3, 0.4) is 0 Å². The van der Waals surface area contributed by atoms with Crippen LogP contribution in [0, 0.1) is 17.2 Å². The summed E-state index contributed by atoms with van der Waals surface area (Å²) < 4.78 is 0. The highest BCUT2D eigenvalue weighted by Crippen LogP contribution is 2.33. The first-order valence-electron chi connectivity index (χ1n) is 5.73. The molecule has 0 N–H and O–H groups in total. The summed E-state index contributed by atoms with van der Waals surface area (Å²) in [5.41, 5.74) is 1.72. The van der Waals surface area contributed by atoms with Gasteiger partial charge in [0.1, 0.15) is 5.78 Å². The van der Waals surface area contributed by atoms with Gasteiger partial charge in [-0.3, -0.25) is 4.79 Å². The lowest BCUT2D eigenvalue weighted by atomic mass is 9.78. The van der Waals surface area contributed by atoms with E-state index >= 15 is 0 Å². The summed E-state index contributed by atoms with van der Waals surface area (Å²) >= 11 is 0. The molecule has 2 unspecified atom stereocenters. The second kappa shape index (κ2) is 4.49. The minimum atomic E-state index is 0.0523. The number of carbonyl (C=O) groups is 1. The Bertz CT molecular complexity index is 427. The van der Waals surface area contributed by atoms with Gasteiger partial charge in [0.15, 0.2) is 0 Å². The molecule has 0 heterocycles. The van der Waals surface area contributed by atoms with Gasteiger partial charge in [-0.25, -0.2) is 0 Å². The van der Waals surface area contributed by atoms with Crippen molar-refractivity contribution in [1.29, 1.82) is 5.26 Å². The smallest absolute Gasteiger partial charge is 0.140 e. The van der Waals surface area contributed by atoms with Gasteiger partial charge in [0.25, 0.3) is 0 Å². The molecule has 0 bridgehead atoms. The van der Waals surface area contributed by atoms with Crippen LogP contribution in [0.5, 0.6) is 0 Å². The first kappa shape index (κ1) is 10.9. The third kappa shape index (κ3) is 2.14. The minimum absolute atomic E-state index is 0.0523. The molecule has 1 aliphatic carbocycles. The van der Waals surface area contributed by atoms with Crippen molar-refractivity contribution < 1.29 is 4.79 Å². The van der Waals surface area contributed by atoms with Crippen molar-refractivity contribution in [3.8, 4) is 6.07 Å². The Balaban J connectivity index is 2.22. The van der Waals surface area contributed by atoms with Crippen LogP contribution in [0.15, 0.2) is 24.3 Å². The third-order valence-electron chi connectivity index (χ3n) is 3.35. The highest BCUT2D eigenvalue weighted by atomic mass is 16.1. The molecule has 0 amide bonds. The number of ketones is 1. The van der Waals surface area contributed by atoms with Gasteiger partial charge in [0, 0.05) is 12.3 Å². The molecule has 1 saturated carbocycles. The highest BCUT2D eigenvalue weighted by molar-refractivity contribution is 5.86. The SMILES string of the molecule is CC1CCC(=O)C(c2ccc(C#N)cc2)C1. The Kier molecular flexibility index (Phi) is 3.05. The van der Waals surface area contributed by atoms with Crippen LogP contribution in [0.1, 0.15) is 43.2 Å². The van der Waals surface area contributed by atoms with Gasteiger partial charge in [-0.05, 0) is 36.5 Å². The molecule has 1 aromatic rings. The Hall–Kier alpha value is -1.62. The molecule has 1 aliphatic rings. The topological polar surface area (TPSA) is 40.9 Å². The molecular weight excluding hydrogens is 198 g/mol. The summed E-state index contributed by atoms with van der Waals surface area (Å²) in [7, 11) is 0. The maximum Gasteiger partial charge on any atom is 0.140 e. The maximum atomic E-state index is 11.8. The predicted octanol–water partition coefficient (Wildman–Crippen LogP) is 3.03. The quantitative estimate of drug-likeness (QED) is 0.719. The van der Waals surface area contributed by atoms with E-state index in [1.807, 2.05) is 12.1 Å². The molecule has 0 spiro atoms. The van der Waals surface area contributed by atoms with E-state index in [4.69, 9.17) is 5.26 Å². The van der Waals surface area contributed by atoms with E-state index in [0.29, 0.717) is 23.7 Å². The largest absolute Gasteiger partial charge is 0.299 e. The first-order chi connectivity index (χ1) is 7.70. The molecule has 0 aliphatic heterocycles. The fourth-order valence-electron chi connectivity index (χ4n) is 2.33. The molecule has 0 saturated heterocycles. The zero-order chi connectivity index (χ0) is 11.5. The summed E-state index contributed by atoms with van der Waals surface area (Å²) in [6.07, 6.45) is 2.67. The molecular formula is C14H15NO. The Morgan fingerprint density at radius 1 is 1.31 bits per heavy atom. The van der Waals surface area contributed by atoms with Crippen LogP contribution in [-0.4, -0.2) is 5.78 Å². The highest BCUT2D eigenvalue weighted by Gasteiger charge is 2.27. The number of benzene rings is 1. The zero-order valence-electron chi connectivity index (χ0n) is 9.44. The monoisotopic (exact) mass is 213 g/mol. The fraction of sp³-hybridized carbons (Fsp3) is 0.429. The molecule has 2 nitrogen and oxygen atoms in total. The Labute approximate surface area is 95.9 Å². The van der Waals surface area contributed by atoms with E-state index in [1.54, 1.807) is 12.1 Å². The second-order valence-corrected chi connectivity index (χ2v) is 4.63. The number of hydrogen-bond acceptors (Lipinski definition) is 2. The molecule has 1 aromatic carbocycles. The van der Waals surface area contributed by atoms with Crippen molar-refractivity contribution in [3.63, 3.8) is 0 Å². The summed E-state index contributed by atoms with van der Waals surface area (Å²) in [6.45, 7) is 2.20. The van der Waals surface area contributed by atoms with E-state index in [2.05, 4.69) is 13.0 Å². The summed E-state index contributed by atoms with van der Waals surface area (Å²) in [6, 6.07) is 9.51. The van der Waals surface area contributed by atoms with Crippen molar-refractivity contribution in [1.82, 2.24) is 0 Å². The number of rotatable bonds is 1. The standard InChI is InChI=1S/C14H15NO/c1-10-2-7-14(16)13(8-10)12-5-3-11(9-15)4-6-12/h3-6,10,13H,2,7-8H2,1H3. The second-order valence-electron chi connectivity index (χ2n) is 4.63. The van der Waals surface area contributed by atoms with Gasteiger partial charge < -0.3 is 0 Å². The molecule has 0 aromatic heterocycles. The third-order valence-corrected chi connectivity index (χ3v) is 3.35. The van der Waals surface area contributed by atoms with Crippen LogP contribution in [0.25, 0.3) is 0 Å². The van der Waals surface area contributed by atoms with Crippen molar-refractivity contribution >= 4 is 5.78 Å². The molecule has 16 heavy (non-hydrogen) atoms. The summed E-state index contributed by atoms with van der Waals surface area (Å²) in [4.78, 5) is 11.8. The lowest BCUT2D eigenvalue weighted by Gasteiger charge is -2.25. The number of Topliss-reactive ketones (excluding diaryl/α,β-unsaturated/α-hetero) is 1. The molecule has 2 heteroatoms. The fourth-order valence-corrected chi connectivity index (χ4v) is 2.33. The predicted molar refractivity (Wildman–Crippen MR) is 61.9 cm³/mol. The van der Waals surface area contributed by atoms with Crippen LogP contribution >= 0.6 is 0 Å². The molecule has 82 valence electrons. The van der Waals surface area contributed by atoms with Crippen molar-refractivity contribution in [2.45, 2.75) is 32.1 Å². The van der Waals surface area contributed by atoms with Gasteiger partial charge >= 0.3 is 0 Å². The normalized spacial score (nSPS) is 25.1. The van der Waals surface area contributed by atoms with Crippen LogP contribution in [-0.2, 0) is 4.79 Å². The zero-order valence-corrected chi connectivity index (χ0v) is 9.44. The van der Waals surface area contributed by atoms with Gasteiger partial charge in [-0.2, -0.15) is 5.26 Å². The van der Waals surface area contributed by atoms with Crippen LogP contribution in [0.2, 0.25) is 0 Å². The first-order valence-corrected chi connectivity index (χ1v) is 5.73. The van der Waals surface area contributed by atoms with E-state index < -0.39 is 0 Å². The number of nitriles is 1.